The predicted molar refractivity (Wildman–Crippen MR) is 125 cm³/mol. The second-order valence-electron chi connectivity index (χ2n) is 7.84. The van der Waals surface area contributed by atoms with Crippen molar-refractivity contribution in [3.8, 4) is 0 Å². The highest BCUT2D eigenvalue weighted by Crippen LogP contribution is 2.17. The predicted octanol–water partition coefficient (Wildman–Crippen LogP) is 5.78. The standard InChI is InChI=1S/C24H41ClN2O3/c1-2-3-4-5-6-7-8-9-10-13-17-27(18-16-26-24(29)30-20-19-28)21-22-14-11-12-15-23(22)25/h11-12,14-15,28H,2-10,13,16-21H2,1H3,(H,26,29). The van der Waals surface area contributed by atoms with Gasteiger partial charge in [-0.15, -0.1) is 0 Å². The molecule has 0 heterocycles. The summed E-state index contributed by atoms with van der Waals surface area (Å²) in [4.78, 5) is 13.9. The number of nitrogens with one attached hydrogen (secondary N) is 1. The van der Waals surface area contributed by atoms with Crippen LogP contribution in [-0.4, -0.2) is 48.9 Å². The van der Waals surface area contributed by atoms with Crippen molar-refractivity contribution in [1.82, 2.24) is 10.2 Å². The van der Waals surface area contributed by atoms with Gasteiger partial charge in [-0.3, -0.25) is 4.90 Å². The smallest absolute Gasteiger partial charge is 0.407 e. The number of nitrogens with zero attached hydrogens (tertiary/aromatic N) is 1. The molecule has 2 N–H and O–H groups in total. The molecule has 0 aliphatic heterocycles. The lowest BCUT2D eigenvalue weighted by atomic mass is 10.1. The van der Waals surface area contributed by atoms with Crippen LogP contribution in [0, 0.1) is 0 Å². The van der Waals surface area contributed by atoms with Gasteiger partial charge in [-0.25, -0.2) is 4.79 Å². The Balaban J connectivity index is 2.29. The summed E-state index contributed by atoms with van der Waals surface area (Å²) in [5.74, 6) is 0. The van der Waals surface area contributed by atoms with Gasteiger partial charge in [-0.05, 0) is 24.6 Å². The van der Waals surface area contributed by atoms with Gasteiger partial charge >= 0.3 is 6.09 Å². The van der Waals surface area contributed by atoms with Gasteiger partial charge in [-0.2, -0.15) is 0 Å². The molecule has 1 amide bonds. The first-order chi connectivity index (χ1) is 14.7. The highest BCUT2D eigenvalue weighted by Gasteiger charge is 2.09. The topological polar surface area (TPSA) is 61.8 Å². The van der Waals surface area contributed by atoms with Gasteiger partial charge in [0.05, 0.1) is 6.61 Å². The van der Waals surface area contributed by atoms with Crippen molar-refractivity contribution < 1.29 is 14.6 Å². The molecule has 0 unspecified atom stereocenters. The Labute approximate surface area is 188 Å². The van der Waals surface area contributed by atoms with E-state index in [4.69, 9.17) is 21.4 Å². The quantitative estimate of drug-likeness (QED) is 0.284. The van der Waals surface area contributed by atoms with E-state index in [0.717, 1.165) is 36.6 Å². The zero-order valence-electron chi connectivity index (χ0n) is 18.7. The molecule has 0 aliphatic rings. The Morgan fingerprint density at radius 3 is 2.27 bits per heavy atom. The summed E-state index contributed by atoms with van der Waals surface area (Å²) in [5.41, 5.74) is 1.11. The first-order valence-electron chi connectivity index (χ1n) is 11.6. The molecular weight excluding hydrogens is 400 g/mol. The molecule has 0 saturated carbocycles. The van der Waals surface area contributed by atoms with Gasteiger partial charge in [0, 0.05) is 24.7 Å². The summed E-state index contributed by atoms with van der Waals surface area (Å²) >= 11 is 6.33. The van der Waals surface area contributed by atoms with Gasteiger partial charge in [0.25, 0.3) is 0 Å². The molecule has 5 nitrogen and oxygen atoms in total. The number of benzene rings is 1. The Hall–Kier alpha value is -1.30. The average Bonchev–Trinajstić information content (AvgIpc) is 2.74. The molecule has 0 radical (unpaired) electrons. The number of alkyl carbamates (subject to hydrolysis) is 1. The zero-order valence-corrected chi connectivity index (χ0v) is 19.5. The third-order valence-electron chi connectivity index (χ3n) is 5.20. The zero-order chi connectivity index (χ0) is 21.9. The van der Waals surface area contributed by atoms with Crippen molar-refractivity contribution in [2.24, 2.45) is 0 Å². The number of ether oxygens (including phenoxy) is 1. The molecule has 0 atom stereocenters. The first kappa shape index (κ1) is 26.7. The van der Waals surface area contributed by atoms with Crippen LogP contribution in [-0.2, 0) is 11.3 Å². The number of aliphatic hydroxyl groups excluding tert-OH is 1. The number of carbonyl (C=O) groups excluding carboxylic acids is 1. The van der Waals surface area contributed by atoms with Crippen LogP contribution in [0.4, 0.5) is 4.79 Å². The summed E-state index contributed by atoms with van der Waals surface area (Å²) < 4.78 is 4.84. The number of hydrogen-bond acceptors (Lipinski definition) is 4. The van der Waals surface area contributed by atoms with E-state index in [2.05, 4.69) is 23.2 Å². The molecule has 6 heteroatoms. The van der Waals surface area contributed by atoms with Gasteiger partial charge in [0.1, 0.15) is 6.61 Å². The molecule has 172 valence electrons. The van der Waals surface area contributed by atoms with Crippen LogP contribution < -0.4 is 5.32 Å². The maximum absolute atomic E-state index is 11.6. The van der Waals surface area contributed by atoms with Gasteiger partial charge in [0.15, 0.2) is 0 Å². The summed E-state index contributed by atoms with van der Waals surface area (Å²) in [6, 6.07) is 7.92. The molecule has 0 bridgehead atoms. The lowest BCUT2D eigenvalue weighted by Crippen LogP contribution is -2.35. The van der Waals surface area contributed by atoms with Gasteiger partial charge < -0.3 is 15.2 Å². The maximum Gasteiger partial charge on any atom is 0.407 e. The minimum atomic E-state index is -0.485. The molecule has 0 saturated heterocycles. The molecule has 1 aromatic carbocycles. The number of rotatable bonds is 18. The van der Waals surface area contributed by atoms with E-state index < -0.39 is 6.09 Å². The Morgan fingerprint density at radius 2 is 1.63 bits per heavy atom. The van der Waals surface area contributed by atoms with E-state index >= 15 is 0 Å². The Morgan fingerprint density at radius 1 is 1.00 bits per heavy atom. The number of amides is 1. The SMILES string of the molecule is CCCCCCCCCCCCN(CCNC(=O)OCCO)Cc1ccccc1Cl. The summed E-state index contributed by atoms with van der Waals surface area (Å²) in [6.07, 6.45) is 12.7. The van der Waals surface area contributed by atoms with Crippen LogP contribution in [0.5, 0.6) is 0 Å². The third-order valence-corrected chi connectivity index (χ3v) is 5.57. The fourth-order valence-corrected chi connectivity index (χ4v) is 3.66. The van der Waals surface area contributed by atoms with Crippen LogP contribution in [0.3, 0.4) is 0 Å². The molecule has 30 heavy (non-hydrogen) atoms. The van der Waals surface area contributed by atoms with Crippen LogP contribution in [0.15, 0.2) is 24.3 Å². The number of unbranched alkanes of at least 4 members (excludes halogenated alkanes) is 9. The molecule has 1 aromatic rings. The molecular formula is C24H41ClN2O3. The van der Waals surface area contributed by atoms with Crippen molar-refractivity contribution >= 4 is 17.7 Å². The minimum Gasteiger partial charge on any atom is -0.447 e. The second kappa shape index (κ2) is 18.5. The number of aliphatic hydroxyl groups is 1. The lowest BCUT2D eigenvalue weighted by molar-refractivity contribution is 0.118. The average molecular weight is 441 g/mol. The fraction of sp³-hybridized carbons (Fsp3) is 0.708. The van der Waals surface area contributed by atoms with Crippen molar-refractivity contribution in [2.75, 3.05) is 32.8 Å². The van der Waals surface area contributed by atoms with Crippen LogP contribution in [0.25, 0.3) is 0 Å². The van der Waals surface area contributed by atoms with E-state index in [1.807, 2.05) is 18.2 Å². The lowest BCUT2D eigenvalue weighted by Gasteiger charge is -2.23. The molecule has 0 aliphatic carbocycles. The number of carbonyl (C=O) groups is 1. The van der Waals surface area contributed by atoms with Gasteiger partial charge in [0.2, 0.25) is 0 Å². The van der Waals surface area contributed by atoms with Crippen molar-refractivity contribution in [1.29, 1.82) is 0 Å². The molecule has 0 fully saturated rings. The van der Waals surface area contributed by atoms with Gasteiger partial charge in [-0.1, -0.05) is 94.5 Å². The van der Waals surface area contributed by atoms with Crippen LogP contribution >= 0.6 is 11.6 Å². The van der Waals surface area contributed by atoms with E-state index in [1.54, 1.807) is 0 Å². The minimum absolute atomic E-state index is 0.0216. The fourth-order valence-electron chi connectivity index (χ4n) is 3.47. The summed E-state index contributed by atoms with van der Waals surface area (Å²) in [7, 11) is 0. The molecule has 1 rings (SSSR count). The highest BCUT2D eigenvalue weighted by atomic mass is 35.5. The van der Waals surface area contributed by atoms with E-state index in [1.165, 1.54) is 57.8 Å². The van der Waals surface area contributed by atoms with Crippen molar-refractivity contribution in [3.05, 3.63) is 34.9 Å². The summed E-state index contributed by atoms with van der Waals surface area (Å²) in [6.45, 7) is 5.11. The highest BCUT2D eigenvalue weighted by molar-refractivity contribution is 6.31. The van der Waals surface area contributed by atoms with Crippen molar-refractivity contribution in [2.45, 2.75) is 77.7 Å². The summed E-state index contributed by atoms with van der Waals surface area (Å²) in [5, 5.41) is 12.2. The second-order valence-corrected chi connectivity index (χ2v) is 8.24. The first-order valence-corrected chi connectivity index (χ1v) is 12.0. The normalized spacial score (nSPS) is 11.1. The molecule has 0 aromatic heterocycles. The number of halogens is 1. The largest absolute Gasteiger partial charge is 0.447 e. The van der Waals surface area contributed by atoms with Crippen LogP contribution in [0.1, 0.15) is 76.7 Å². The van der Waals surface area contributed by atoms with E-state index in [0.29, 0.717) is 6.54 Å². The molecule has 0 spiro atoms. The third kappa shape index (κ3) is 13.8. The van der Waals surface area contributed by atoms with Crippen molar-refractivity contribution in [3.63, 3.8) is 0 Å². The number of hydrogen-bond donors (Lipinski definition) is 2. The Kier molecular flexibility index (Phi) is 16.5. The Bertz CT molecular complexity index is 557. The monoisotopic (exact) mass is 440 g/mol. The maximum atomic E-state index is 11.6. The van der Waals surface area contributed by atoms with E-state index in [-0.39, 0.29) is 13.2 Å². The van der Waals surface area contributed by atoms with Crippen LogP contribution in [0.2, 0.25) is 5.02 Å². The van der Waals surface area contributed by atoms with E-state index in [9.17, 15) is 4.79 Å².